The van der Waals surface area contributed by atoms with Crippen LogP contribution in [0.15, 0.2) is 24.3 Å². The van der Waals surface area contributed by atoms with Gasteiger partial charge in [0.25, 0.3) is 0 Å². The quantitative estimate of drug-likeness (QED) is 0.163. The van der Waals surface area contributed by atoms with Gasteiger partial charge in [-0.25, -0.2) is 5.48 Å². The lowest BCUT2D eigenvalue weighted by Gasteiger charge is -2.21. The van der Waals surface area contributed by atoms with Crippen LogP contribution in [0.2, 0.25) is 0 Å². The fourth-order valence-electron chi connectivity index (χ4n) is 3.67. The minimum Gasteiger partial charge on any atom is -0.481 e. The summed E-state index contributed by atoms with van der Waals surface area (Å²) in [7, 11) is 0. The van der Waals surface area contributed by atoms with Crippen molar-refractivity contribution in [3.63, 3.8) is 0 Å². The summed E-state index contributed by atoms with van der Waals surface area (Å²) in [5, 5.41) is 38.6. The molecule has 1 rings (SSSR count). The zero-order chi connectivity index (χ0) is 20.8. The molecule has 1 saturated carbocycles. The van der Waals surface area contributed by atoms with Crippen LogP contribution in [0.25, 0.3) is 0 Å². The molecule has 1 fully saturated rings. The van der Waals surface area contributed by atoms with Crippen LogP contribution in [0, 0.1) is 11.8 Å². The van der Waals surface area contributed by atoms with Crippen molar-refractivity contribution in [2.24, 2.45) is 11.8 Å². The molecule has 5 atom stereocenters. The van der Waals surface area contributed by atoms with Crippen LogP contribution < -0.4 is 5.48 Å². The normalized spacial score (nSPS) is 26.4. The second-order valence-corrected chi connectivity index (χ2v) is 7.42. The smallest absolute Gasteiger partial charge is 0.303 e. The van der Waals surface area contributed by atoms with E-state index in [9.17, 15) is 20.2 Å². The van der Waals surface area contributed by atoms with E-state index in [-0.39, 0.29) is 24.3 Å². The van der Waals surface area contributed by atoms with Gasteiger partial charge in [-0.1, -0.05) is 24.3 Å². The van der Waals surface area contributed by atoms with Crippen LogP contribution in [0.5, 0.6) is 0 Å². The fraction of sp³-hybridized carbons (Fsp3) is 0.762. The van der Waals surface area contributed by atoms with E-state index >= 15 is 0 Å². The van der Waals surface area contributed by atoms with Gasteiger partial charge in [0.2, 0.25) is 0 Å². The van der Waals surface area contributed by atoms with Crippen molar-refractivity contribution in [3.8, 4) is 0 Å². The molecule has 0 amide bonds. The Kier molecular flexibility index (Phi) is 13.0. The van der Waals surface area contributed by atoms with Gasteiger partial charge in [-0.2, -0.15) is 0 Å². The number of hydroxylamine groups is 1. The zero-order valence-electron chi connectivity index (χ0n) is 16.9. The molecule has 5 N–H and O–H groups in total. The molecule has 0 aliphatic heterocycles. The number of aliphatic carboxylic acids is 1. The third-order valence-electron chi connectivity index (χ3n) is 5.25. The number of carboxylic acid groups (broad SMARTS) is 1. The minimum atomic E-state index is -0.793. The van der Waals surface area contributed by atoms with Crippen LogP contribution in [0.1, 0.15) is 58.3 Å². The number of aliphatic hydroxyl groups is 2. The summed E-state index contributed by atoms with van der Waals surface area (Å²) in [6, 6.07) is -0.248. The molecule has 1 aliphatic rings. The average Bonchev–Trinajstić information content (AvgIpc) is 2.97. The van der Waals surface area contributed by atoms with Crippen molar-refractivity contribution in [2.75, 3.05) is 13.2 Å². The van der Waals surface area contributed by atoms with Crippen molar-refractivity contribution < 1.29 is 30.1 Å². The van der Waals surface area contributed by atoms with E-state index in [2.05, 4.69) is 5.48 Å². The van der Waals surface area contributed by atoms with Gasteiger partial charge in [-0.05, 0) is 57.8 Å². The molecule has 162 valence electrons. The number of aliphatic hydroxyl groups excluding tert-OH is 2. The second-order valence-electron chi connectivity index (χ2n) is 7.42. The summed E-state index contributed by atoms with van der Waals surface area (Å²) in [6.07, 6.45) is 11.5. The zero-order valence-corrected chi connectivity index (χ0v) is 16.9. The highest BCUT2D eigenvalue weighted by molar-refractivity contribution is 5.66. The van der Waals surface area contributed by atoms with Crippen LogP contribution in [-0.2, 0) is 9.53 Å². The number of allylic oxidation sites excluding steroid dienone is 2. The molecule has 0 aromatic carbocycles. The maximum atomic E-state index is 10.5. The summed E-state index contributed by atoms with van der Waals surface area (Å²) in [4.78, 5) is 10.5. The number of hydrogen-bond donors (Lipinski definition) is 5. The topological polar surface area (TPSA) is 119 Å². The molecule has 7 nitrogen and oxygen atoms in total. The Morgan fingerprint density at radius 2 is 2.07 bits per heavy atom. The first-order valence-electron chi connectivity index (χ1n) is 10.4. The van der Waals surface area contributed by atoms with Gasteiger partial charge in [0.15, 0.2) is 0 Å². The lowest BCUT2D eigenvalue weighted by Crippen LogP contribution is -2.30. The molecule has 0 radical (unpaired) electrons. The maximum absolute atomic E-state index is 10.5. The molecular weight excluding hydrogens is 362 g/mol. The van der Waals surface area contributed by atoms with Crippen molar-refractivity contribution >= 4 is 5.97 Å². The molecule has 7 heteroatoms. The maximum Gasteiger partial charge on any atom is 0.303 e. The minimum absolute atomic E-state index is 0.0539. The number of ether oxygens (including phenoxy) is 1. The fourth-order valence-corrected chi connectivity index (χ4v) is 3.67. The number of carbonyl (C=O) groups is 1. The van der Waals surface area contributed by atoms with E-state index in [0.717, 1.165) is 12.8 Å². The molecule has 0 spiro atoms. The Morgan fingerprint density at radius 1 is 1.29 bits per heavy atom. The van der Waals surface area contributed by atoms with Gasteiger partial charge in [-0.15, -0.1) is 0 Å². The number of unbranched alkanes of at least 4 members (excludes halogenated alkanes) is 2. The SMILES string of the molecule is CCOCCCC[C@H](O)C=C[C@H]1C(NO)C[C@H](O)[C@@H]1CC=CCCCC(=O)O. The molecular formula is C21H37NO6. The van der Waals surface area contributed by atoms with E-state index in [1.54, 1.807) is 6.08 Å². The molecule has 1 unspecified atom stereocenters. The highest BCUT2D eigenvalue weighted by Gasteiger charge is 2.40. The van der Waals surface area contributed by atoms with Gasteiger partial charge >= 0.3 is 5.97 Å². The second kappa shape index (κ2) is 14.7. The van der Waals surface area contributed by atoms with Gasteiger partial charge in [0.05, 0.1) is 12.2 Å². The number of carboxylic acids is 1. The summed E-state index contributed by atoms with van der Waals surface area (Å²) < 4.78 is 5.29. The Labute approximate surface area is 168 Å². The first-order valence-corrected chi connectivity index (χ1v) is 10.4. The molecule has 28 heavy (non-hydrogen) atoms. The standard InChI is InChI=1S/C21H37NO6/c1-2-28-14-8-7-9-16(23)12-13-17-18(20(24)15-19(17)22-27)10-5-3-4-6-11-21(25)26/h3,5,12-13,16-20,22-24,27H,2,4,6-11,14-15H2,1H3,(H,25,26)/t16-,17+,18+,19?,20-/m0/s1. The number of nitrogens with one attached hydrogen (secondary N) is 1. The van der Waals surface area contributed by atoms with Crippen LogP contribution in [0.4, 0.5) is 0 Å². The predicted molar refractivity (Wildman–Crippen MR) is 107 cm³/mol. The van der Waals surface area contributed by atoms with Gasteiger partial charge in [0.1, 0.15) is 0 Å². The van der Waals surface area contributed by atoms with Crippen LogP contribution in [-0.4, -0.2) is 58.0 Å². The monoisotopic (exact) mass is 399 g/mol. The van der Waals surface area contributed by atoms with Crippen LogP contribution in [0.3, 0.4) is 0 Å². The van der Waals surface area contributed by atoms with Crippen molar-refractivity contribution in [1.82, 2.24) is 5.48 Å². The number of rotatable bonds is 15. The van der Waals surface area contributed by atoms with E-state index in [0.29, 0.717) is 45.3 Å². The lowest BCUT2D eigenvalue weighted by molar-refractivity contribution is -0.137. The van der Waals surface area contributed by atoms with Crippen molar-refractivity contribution in [3.05, 3.63) is 24.3 Å². The average molecular weight is 400 g/mol. The van der Waals surface area contributed by atoms with E-state index in [1.165, 1.54) is 0 Å². The molecule has 1 aliphatic carbocycles. The Hall–Kier alpha value is -1.25. The van der Waals surface area contributed by atoms with E-state index in [1.807, 2.05) is 25.2 Å². The molecule has 0 heterocycles. The van der Waals surface area contributed by atoms with Gasteiger partial charge in [-0.3, -0.25) is 4.79 Å². The highest BCUT2D eigenvalue weighted by Crippen LogP contribution is 2.36. The number of hydrogen-bond acceptors (Lipinski definition) is 6. The Bertz CT molecular complexity index is 482. The first-order chi connectivity index (χ1) is 13.5. The summed E-state index contributed by atoms with van der Waals surface area (Å²) in [6.45, 7) is 3.37. The molecule has 0 bridgehead atoms. The summed E-state index contributed by atoms with van der Waals surface area (Å²) in [5.41, 5.74) is 2.29. The predicted octanol–water partition coefficient (Wildman–Crippen LogP) is 2.66. The first kappa shape index (κ1) is 24.8. The molecule has 0 aromatic heterocycles. The van der Waals surface area contributed by atoms with Gasteiger partial charge < -0.3 is 25.3 Å². The van der Waals surface area contributed by atoms with Crippen molar-refractivity contribution in [1.29, 1.82) is 0 Å². The van der Waals surface area contributed by atoms with Crippen LogP contribution >= 0.6 is 0 Å². The van der Waals surface area contributed by atoms with Gasteiger partial charge in [0, 0.05) is 31.6 Å². The van der Waals surface area contributed by atoms with E-state index < -0.39 is 18.2 Å². The summed E-state index contributed by atoms with van der Waals surface area (Å²) >= 11 is 0. The third kappa shape index (κ3) is 9.80. The largest absolute Gasteiger partial charge is 0.481 e. The van der Waals surface area contributed by atoms with E-state index in [4.69, 9.17) is 9.84 Å². The third-order valence-corrected chi connectivity index (χ3v) is 5.25. The summed E-state index contributed by atoms with van der Waals surface area (Å²) in [5.74, 6) is -0.929. The molecule has 0 aromatic rings. The van der Waals surface area contributed by atoms with Crippen molar-refractivity contribution in [2.45, 2.75) is 76.5 Å². The Morgan fingerprint density at radius 3 is 2.75 bits per heavy atom. The lowest BCUT2D eigenvalue weighted by atomic mass is 9.89. The Balaban J connectivity index is 2.49. The highest BCUT2D eigenvalue weighted by atomic mass is 16.5. The molecule has 0 saturated heterocycles.